The predicted octanol–water partition coefficient (Wildman–Crippen LogP) is 11.2. The molecule has 0 aliphatic heterocycles. The average Bonchev–Trinajstić information content (AvgIpc) is 3.04. The molecular weight excluding hydrogens is 528 g/mol. The predicted molar refractivity (Wildman–Crippen MR) is 179 cm³/mol. The Kier molecular flexibility index (Phi) is 12.3. The van der Waals surface area contributed by atoms with Crippen molar-refractivity contribution in [2.24, 2.45) is 0 Å². The Morgan fingerprint density at radius 2 is 0.837 bits per heavy atom. The van der Waals surface area contributed by atoms with Crippen LogP contribution in [-0.2, 0) is 29.2 Å². The van der Waals surface area contributed by atoms with Crippen molar-refractivity contribution in [3.8, 4) is 11.5 Å². The molecule has 2 atom stereocenters. The molecule has 4 rings (SSSR count). The number of ether oxygens (including phenoxy) is 3. The van der Waals surface area contributed by atoms with Crippen LogP contribution in [0.2, 0.25) is 0 Å². The van der Waals surface area contributed by atoms with Crippen LogP contribution in [0.4, 0.5) is 0 Å². The zero-order valence-electron chi connectivity index (χ0n) is 26.7. The molecule has 3 nitrogen and oxygen atoms in total. The molecule has 0 aromatic heterocycles. The first-order chi connectivity index (χ1) is 20.9. The van der Waals surface area contributed by atoms with Crippen LogP contribution in [0.1, 0.15) is 101 Å². The first-order valence-electron chi connectivity index (χ1n) is 16.2. The van der Waals surface area contributed by atoms with E-state index in [0.717, 1.165) is 37.2 Å². The lowest BCUT2D eigenvalue weighted by molar-refractivity contribution is -0.160. The van der Waals surface area contributed by atoms with E-state index in [4.69, 9.17) is 14.2 Å². The fraction of sp³-hybridized carbons (Fsp3) is 0.400. The average molecular weight is 579 g/mol. The van der Waals surface area contributed by atoms with Crippen molar-refractivity contribution in [1.82, 2.24) is 0 Å². The fourth-order valence-electron chi connectivity index (χ4n) is 5.72. The topological polar surface area (TPSA) is 27.7 Å². The highest BCUT2D eigenvalue weighted by Gasteiger charge is 2.38. The monoisotopic (exact) mass is 578 g/mol. The lowest BCUT2D eigenvalue weighted by atomic mass is 9.85. The fourth-order valence-corrected chi connectivity index (χ4v) is 5.72. The van der Waals surface area contributed by atoms with Gasteiger partial charge in [-0.15, -0.1) is 0 Å². The third-order valence-corrected chi connectivity index (χ3v) is 8.39. The Bertz CT molecular complexity index is 1210. The zero-order valence-corrected chi connectivity index (χ0v) is 26.7. The normalized spacial score (nSPS) is 14.0. The molecule has 0 spiro atoms. The summed E-state index contributed by atoms with van der Waals surface area (Å²) in [5.41, 5.74) is 3.85. The van der Waals surface area contributed by atoms with E-state index in [1.807, 2.05) is 36.4 Å². The van der Waals surface area contributed by atoms with Crippen LogP contribution < -0.4 is 9.47 Å². The van der Waals surface area contributed by atoms with E-state index in [9.17, 15) is 0 Å². The molecule has 3 heteroatoms. The van der Waals surface area contributed by atoms with Gasteiger partial charge in [-0.25, -0.2) is 0 Å². The Labute approximate surface area is 260 Å². The third kappa shape index (κ3) is 9.73. The lowest BCUT2D eigenvalue weighted by Crippen LogP contribution is -2.38. The van der Waals surface area contributed by atoms with Gasteiger partial charge < -0.3 is 14.2 Å². The molecule has 0 bridgehead atoms. The van der Waals surface area contributed by atoms with E-state index in [0.29, 0.717) is 13.2 Å². The van der Waals surface area contributed by atoms with Gasteiger partial charge in [0.05, 0.1) is 11.2 Å². The SMILES string of the molecule is CCCCCC(C)(OC(C)(CCCCC)c1ccc(OCc2ccccc2)cc1)c1ccc(OCc2ccccc2)cc1. The minimum absolute atomic E-state index is 0.434. The number of benzene rings is 4. The minimum Gasteiger partial charge on any atom is -0.489 e. The van der Waals surface area contributed by atoms with Crippen molar-refractivity contribution in [2.75, 3.05) is 0 Å². The zero-order chi connectivity index (χ0) is 30.4. The summed E-state index contributed by atoms with van der Waals surface area (Å²) in [4.78, 5) is 0. The molecule has 0 N–H and O–H groups in total. The highest BCUT2D eigenvalue weighted by molar-refractivity contribution is 5.34. The molecule has 228 valence electrons. The molecule has 0 saturated carbocycles. The minimum atomic E-state index is -0.434. The van der Waals surface area contributed by atoms with Crippen LogP contribution in [0.15, 0.2) is 109 Å². The summed E-state index contributed by atoms with van der Waals surface area (Å²) < 4.78 is 19.5. The van der Waals surface area contributed by atoms with Gasteiger partial charge in [0.1, 0.15) is 24.7 Å². The summed E-state index contributed by atoms with van der Waals surface area (Å²) in [6, 6.07) is 37.7. The Balaban J connectivity index is 1.54. The van der Waals surface area contributed by atoms with E-state index in [-0.39, 0.29) is 0 Å². The largest absolute Gasteiger partial charge is 0.489 e. The van der Waals surface area contributed by atoms with Gasteiger partial charge in [-0.2, -0.15) is 0 Å². The first kappa shape index (κ1) is 32.4. The summed E-state index contributed by atoms with van der Waals surface area (Å²) >= 11 is 0. The molecule has 0 saturated heterocycles. The van der Waals surface area contributed by atoms with E-state index >= 15 is 0 Å². The van der Waals surface area contributed by atoms with Gasteiger partial charge in [0, 0.05) is 0 Å². The summed E-state index contributed by atoms with van der Waals surface area (Å²) in [6.07, 6.45) is 8.92. The van der Waals surface area contributed by atoms with Crippen molar-refractivity contribution in [2.45, 2.75) is 103 Å². The van der Waals surface area contributed by atoms with Crippen molar-refractivity contribution in [3.63, 3.8) is 0 Å². The smallest absolute Gasteiger partial charge is 0.119 e. The van der Waals surface area contributed by atoms with Gasteiger partial charge in [0.15, 0.2) is 0 Å². The van der Waals surface area contributed by atoms with E-state index in [2.05, 4.69) is 100 Å². The third-order valence-electron chi connectivity index (χ3n) is 8.39. The van der Waals surface area contributed by atoms with Crippen LogP contribution in [0.25, 0.3) is 0 Å². The van der Waals surface area contributed by atoms with Crippen molar-refractivity contribution in [3.05, 3.63) is 131 Å². The number of unbranched alkanes of at least 4 members (excludes halogenated alkanes) is 4. The molecule has 0 aliphatic carbocycles. The molecule has 0 fully saturated rings. The maximum atomic E-state index is 7.35. The highest BCUT2D eigenvalue weighted by Crippen LogP contribution is 2.43. The number of hydrogen-bond donors (Lipinski definition) is 0. The molecule has 4 aromatic rings. The van der Waals surface area contributed by atoms with E-state index in [1.54, 1.807) is 0 Å². The molecule has 2 unspecified atom stereocenters. The summed E-state index contributed by atoms with van der Waals surface area (Å²) in [6.45, 7) is 10.2. The quantitative estimate of drug-likeness (QED) is 0.110. The summed E-state index contributed by atoms with van der Waals surface area (Å²) in [5.74, 6) is 1.75. The van der Waals surface area contributed by atoms with E-state index < -0.39 is 11.2 Å². The number of hydrogen-bond acceptors (Lipinski definition) is 3. The Hall–Kier alpha value is -3.56. The van der Waals surface area contributed by atoms with Gasteiger partial charge >= 0.3 is 0 Å². The van der Waals surface area contributed by atoms with Crippen molar-refractivity contribution in [1.29, 1.82) is 0 Å². The highest BCUT2D eigenvalue weighted by atomic mass is 16.5. The van der Waals surface area contributed by atoms with Crippen LogP contribution in [0.5, 0.6) is 11.5 Å². The molecule has 0 amide bonds. The van der Waals surface area contributed by atoms with Gasteiger partial charge in [0.2, 0.25) is 0 Å². The summed E-state index contributed by atoms with van der Waals surface area (Å²) in [5, 5.41) is 0. The van der Waals surface area contributed by atoms with Crippen molar-refractivity contribution >= 4 is 0 Å². The first-order valence-corrected chi connectivity index (χ1v) is 16.2. The van der Waals surface area contributed by atoms with Gasteiger partial charge in [0.25, 0.3) is 0 Å². The van der Waals surface area contributed by atoms with Crippen molar-refractivity contribution < 1.29 is 14.2 Å². The lowest BCUT2D eigenvalue weighted by Gasteiger charge is -2.42. The second kappa shape index (κ2) is 16.3. The second-order valence-electron chi connectivity index (χ2n) is 12.1. The molecule has 0 radical (unpaired) electrons. The standard InChI is InChI=1S/C40H50O3/c1-5-7-15-29-39(3,35-21-25-37(26-22-35)41-31-33-17-11-9-12-18-33)43-40(4,30-16-8-6-2)36-23-27-38(28-24-36)42-32-34-19-13-10-14-20-34/h9-14,17-28H,5-8,15-16,29-32H2,1-4H3. The second-order valence-corrected chi connectivity index (χ2v) is 12.1. The van der Waals surface area contributed by atoms with Crippen LogP contribution in [0, 0.1) is 0 Å². The van der Waals surface area contributed by atoms with Crippen LogP contribution in [-0.4, -0.2) is 0 Å². The Morgan fingerprint density at radius 3 is 1.19 bits per heavy atom. The van der Waals surface area contributed by atoms with Gasteiger partial charge in [-0.05, 0) is 73.2 Å². The molecule has 0 aliphatic rings. The number of rotatable bonds is 18. The van der Waals surface area contributed by atoms with E-state index in [1.165, 1.54) is 47.9 Å². The van der Waals surface area contributed by atoms with Crippen LogP contribution in [0.3, 0.4) is 0 Å². The summed E-state index contributed by atoms with van der Waals surface area (Å²) in [7, 11) is 0. The molecule has 0 heterocycles. The van der Waals surface area contributed by atoms with Gasteiger partial charge in [-0.1, -0.05) is 137 Å². The maximum absolute atomic E-state index is 7.35. The molecule has 43 heavy (non-hydrogen) atoms. The van der Waals surface area contributed by atoms with Gasteiger partial charge in [-0.3, -0.25) is 0 Å². The molecule has 4 aromatic carbocycles. The molecular formula is C40H50O3. The van der Waals surface area contributed by atoms with Crippen LogP contribution >= 0.6 is 0 Å². The maximum Gasteiger partial charge on any atom is 0.119 e. The Morgan fingerprint density at radius 1 is 0.465 bits per heavy atom.